The predicted molar refractivity (Wildman–Crippen MR) is 63.8 cm³/mol. The van der Waals surface area contributed by atoms with E-state index in [1.807, 2.05) is 0 Å². The summed E-state index contributed by atoms with van der Waals surface area (Å²) >= 11 is 1.49. The highest BCUT2D eigenvalue weighted by molar-refractivity contribution is 8.04. The smallest absolute Gasteiger partial charge is 0.0701 e. The van der Waals surface area contributed by atoms with E-state index < -0.39 is 0 Å². The van der Waals surface area contributed by atoms with E-state index >= 15 is 0 Å². The van der Waals surface area contributed by atoms with Gasteiger partial charge in [0.15, 0.2) is 0 Å². The molecule has 0 saturated carbocycles. The van der Waals surface area contributed by atoms with E-state index in [-0.39, 0.29) is 13.2 Å². The number of rotatable bonds is 9. The second-order valence-corrected chi connectivity index (χ2v) is 3.08. The molecule has 0 aromatic rings. The van der Waals surface area contributed by atoms with Gasteiger partial charge in [-0.15, -0.1) is 11.8 Å². The molecule has 0 unspecified atom stereocenters. The monoisotopic (exact) mass is 236 g/mol. The molecule has 0 radical (unpaired) electrons. The van der Waals surface area contributed by atoms with Crippen molar-refractivity contribution in [2.24, 2.45) is 0 Å². The highest BCUT2D eigenvalue weighted by Crippen LogP contribution is 1.96. The first-order valence-corrected chi connectivity index (χ1v) is 5.52. The molecule has 15 heavy (non-hydrogen) atoms. The van der Waals surface area contributed by atoms with Crippen LogP contribution in [0.4, 0.5) is 0 Å². The molecule has 0 aromatic carbocycles. The van der Waals surface area contributed by atoms with Crippen LogP contribution in [-0.4, -0.2) is 49.9 Å². The first-order valence-electron chi connectivity index (χ1n) is 4.58. The van der Waals surface area contributed by atoms with Crippen molar-refractivity contribution < 1.29 is 19.7 Å². The highest BCUT2D eigenvalue weighted by Gasteiger charge is 1.86. The standard InChI is InChI=1S/C6H14O4.C4H6S/c7-1-3-9-5-6-10-4-2-8;1-3-5-4-2/h7-8H,1-6H2;3-4H,1-2H2. The van der Waals surface area contributed by atoms with E-state index in [1.54, 1.807) is 10.8 Å². The molecule has 90 valence electrons. The third-order valence-electron chi connectivity index (χ3n) is 1.04. The quantitative estimate of drug-likeness (QED) is 0.585. The minimum atomic E-state index is 0.0417. The molecule has 0 heterocycles. The van der Waals surface area contributed by atoms with Gasteiger partial charge in [-0.2, -0.15) is 0 Å². The maximum atomic E-state index is 8.26. The zero-order valence-electron chi connectivity index (χ0n) is 8.93. The molecule has 0 aliphatic carbocycles. The Bertz CT molecular complexity index is 117. The van der Waals surface area contributed by atoms with E-state index in [0.717, 1.165) is 0 Å². The molecule has 5 heteroatoms. The number of hydrogen-bond acceptors (Lipinski definition) is 5. The third-order valence-corrected chi connectivity index (χ3v) is 1.42. The Morgan fingerprint density at radius 2 is 1.27 bits per heavy atom. The highest BCUT2D eigenvalue weighted by atomic mass is 32.2. The minimum absolute atomic E-state index is 0.0417. The fourth-order valence-electron chi connectivity index (χ4n) is 0.519. The van der Waals surface area contributed by atoms with Crippen LogP contribution in [0.2, 0.25) is 0 Å². The molecule has 2 N–H and O–H groups in total. The molecule has 0 rings (SSSR count). The van der Waals surface area contributed by atoms with Gasteiger partial charge in [0, 0.05) is 0 Å². The molecule has 0 fully saturated rings. The summed E-state index contributed by atoms with van der Waals surface area (Å²) in [4.78, 5) is 0. The lowest BCUT2D eigenvalue weighted by Crippen LogP contribution is -2.09. The summed E-state index contributed by atoms with van der Waals surface area (Å²) in [5, 5.41) is 20.0. The lowest BCUT2D eigenvalue weighted by atomic mass is 10.7. The van der Waals surface area contributed by atoms with Crippen molar-refractivity contribution in [2.75, 3.05) is 39.6 Å². The van der Waals surface area contributed by atoms with E-state index in [0.29, 0.717) is 26.4 Å². The Morgan fingerprint density at radius 1 is 0.867 bits per heavy atom. The first-order chi connectivity index (χ1) is 7.33. The number of aliphatic hydroxyl groups is 2. The molecule has 0 aliphatic heterocycles. The van der Waals surface area contributed by atoms with Crippen LogP contribution in [0.3, 0.4) is 0 Å². The molecule has 0 amide bonds. The Balaban J connectivity index is 0. The summed E-state index contributed by atoms with van der Waals surface area (Å²) in [5.74, 6) is 0. The Morgan fingerprint density at radius 3 is 1.47 bits per heavy atom. The average molecular weight is 236 g/mol. The summed E-state index contributed by atoms with van der Waals surface area (Å²) in [6.07, 6.45) is 0. The van der Waals surface area contributed by atoms with Gasteiger partial charge < -0.3 is 19.7 Å². The zero-order chi connectivity index (χ0) is 11.8. The van der Waals surface area contributed by atoms with E-state index in [2.05, 4.69) is 13.2 Å². The SMILES string of the molecule is C=CSC=C.OCCOCCOCCO. The largest absolute Gasteiger partial charge is 0.394 e. The van der Waals surface area contributed by atoms with Gasteiger partial charge in [-0.05, 0) is 10.8 Å². The van der Waals surface area contributed by atoms with Gasteiger partial charge >= 0.3 is 0 Å². The molecule has 4 nitrogen and oxygen atoms in total. The molecule has 0 aliphatic rings. The molecule has 0 aromatic heterocycles. The lowest BCUT2D eigenvalue weighted by molar-refractivity contribution is 0.0222. The Labute approximate surface area is 95.6 Å². The number of ether oxygens (including phenoxy) is 2. The van der Waals surface area contributed by atoms with Crippen LogP contribution in [0.5, 0.6) is 0 Å². The number of hydrogen-bond donors (Lipinski definition) is 2. The second-order valence-electron chi connectivity index (χ2n) is 2.14. The molecule has 0 saturated heterocycles. The summed E-state index contributed by atoms with van der Waals surface area (Å²) in [7, 11) is 0. The van der Waals surface area contributed by atoms with Gasteiger partial charge in [-0.1, -0.05) is 13.2 Å². The van der Waals surface area contributed by atoms with Gasteiger partial charge in [-0.3, -0.25) is 0 Å². The molecule has 0 bridgehead atoms. The van der Waals surface area contributed by atoms with Crippen LogP contribution in [0.25, 0.3) is 0 Å². The fourth-order valence-corrected chi connectivity index (χ4v) is 0.655. The van der Waals surface area contributed by atoms with Gasteiger partial charge in [0.1, 0.15) is 0 Å². The summed E-state index contributed by atoms with van der Waals surface area (Å²) < 4.78 is 9.75. The maximum absolute atomic E-state index is 8.26. The van der Waals surface area contributed by atoms with Crippen molar-refractivity contribution in [2.45, 2.75) is 0 Å². The third kappa shape index (κ3) is 24.8. The number of thioether (sulfide) groups is 1. The van der Waals surface area contributed by atoms with Crippen molar-refractivity contribution >= 4 is 11.8 Å². The van der Waals surface area contributed by atoms with Crippen molar-refractivity contribution in [1.82, 2.24) is 0 Å². The normalized spacial score (nSPS) is 8.93. The van der Waals surface area contributed by atoms with Crippen LogP contribution in [0.1, 0.15) is 0 Å². The molecular weight excluding hydrogens is 216 g/mol. The van der Waals surface area contributed by atoms with Crippen molar-refractivity contribution in [3.05, 3.63) is 24.0 Å². The van der Waals surface area contributed by atoms with E-state index in [9.17, 15) is 0 Å². The van der Waals surface area contributed by atoms with Gasteiger partial charge in [0.25, 0.3) is 0 Å². The molecule has 0 atom stereocenters. The first kappa shape index (κ1) is 17.1. The van der Waals surface area contributed by atoms with Crippen molar-refractivity contribution in [1.29, 1.82) is 0 Å². The van der Waals surface area contributed by atoms with Crippen LogP contribution in [-0.2, 0) is 9.47 Å². The molecule has 0 spiro atoms. The van der Waals surface area contributed by atoms with Crippen molar-refractivity contribution in [3.63, 3.8) is 0 Å². The Kier molecular flexibility index (Phi) is 21.9. The second kappa shape index (κ2) is 19.3. The fraction of sp³-hybridized carbons (Fsp3) is 0.600. The predicted octanol–water partition coefficient (Wildman–Crippen LogP) is 1.01. The van der Waals surface area contributed by atoms with Crippen LogP contribution >= 0.6 is 11.8 Å². The summed E-state index contributed by atoms with van der Waals surface area (Å²) in [5.41, 5.74) is 0. The topological polar surface area (TPSA) is 58.9 Å². The van der Waals surface area contributed by atoms with Gasteiger partial charge in [0.2, 0.25) is 0 Å². The van der Waals surface area contributed by atoms with Crippen LogP contribution < -0.4 is 0 Å². The van der Waals surface area contributed by atoms with E-state index in [4.69, 9.17) is 19.7 Å². The summed E-state index contributed by atoms with van der Waals surface area (Å²) in [6.45, 7) is 8.61. The summed E-state index contributed by atoms with van der Waals surface area (Å²) in [6, 6.07) is 0. The lowest BCUT2D eigenvalue weighted by Gasteiger charge is -2.01. The average Bonchev–Trinajstić information content (AvgIpc) is 2.25. The maximum Gasteiger partial charge on any atom is 0.0701 e. The molecular formula is C10H20O4S. The van der Waals surface area contributed by atoms with Gasteiger partial charge in [-0.25, -0.2) is 0 Å². The zero-order valence-corrected chi connectivity index (χ0v) is 9.75. The van der Waals surface area contributed by atoms with Gasteiger partial charge in [0.05, 0.1) is 39.6 Å². The minimum Gasteiger partial charge on any atom is -0.394 e. The number of aliphatic hydroxyl groups excluding tert-OH is 2. The van der Waals surface area contributed by atoms with Crippen LogP contribution in [0.15, 0.2) is 24.0 Å². The van der Waals surface area contributed by atoms with E-state index in [1.165, 1.54) is 11.8 Å². The van der Waals surface area contributed by atoms with Crippen molar-refractivity contribution in [3.8, 4) is 0 Å². The van der Waals surface area contributed by atoms with Crippen LogP contribution in [0, 0.1) is 0 Å². The Hall–Kier alpha value is -0.330.